The van der Waals surface area contributed by atoms with Crippen LogP contribution in [0.1, 0.15) is 220 Å². The number of esters is 1. The van der Waals surface area contributed by atoms with Gasteiger partial charge in [0.2, 0.25) is 0 Å². The van der Waals surface area contributed by atoms with Gasteiger partial charge in [-0.25, -0.2) is 0 Å². The minimum absolute atomic E-state index is 0.0267. The molecule has 0 aromatic carbocycles. The molecule has 0 radical (unpaired) electrons. The van der Waals surface area contributed by atoms with Crippen molar-refractivity contribution < 1.29 is 19.4 Å². The minimum Gasteiger partial charge on any atom is -0.481 e. The Labute approximate surface area is 257 Å². The van der Waals surface area contributed by atoms with Gasteiger partial charge >= 0.3 is 11.9 Å². The Morgan fingerprint density at radius 3 is 0.927 bits per heavy atom. The number of unbranched alkanes of at least 4 members (excludes halogenated alkanes) is 26. The van der Waals surface area contributed by atoms with Crippen molar-refractivity contribution in [3.05, 3.63) is 0 Å². The molecule has 0 aliphatic carbocycles. The van der Waals surface area contributed by atoms with Gasteiger partial charge in [0.15, 0.2) is 0 Å². The highest BCUT2D eigenvalue weighted by atomic mass is 16.5. The third kappa shape index (κ3) is 43.5. The lowest BCUT2D eigenvalue weighted by molar-refractivity contribution is -0.147. The molecule has 0 aliphatic heterocycles. The summed E-state index contributed by atoms with van der Waals surface area (Å²) in [6, 6.07) is 0. The quantitative estimate of drug-likeness (QED) is 0.0652. The first-order chi connectivity index (χ1) is 19.9. The highest BCUT2D eigenvalue weighted by Gasteiger charge is 2.04. The first kappa shape index (κ1) is 42.1. The summed E-state index contributed by atoms with van der Waals surface area (Å²) < 4.78 is 5.13. The van der Waals surface area contributed by atoms with Crippen LogP contribution in [0.3, 0.4) is 0 Å². The molecule has 1 N–H and O–H groups in total. The lowest BCUT2D eigenvalue weighted by atomic mass is 10.0. The molecule has 4 nitrogen and oxygen atoms in total. The van der Waals surface area contributed by atoms with Crippen molar-refractivity contribution in [2.75, 3.05) is 0 Å². The van der Waals surface area contributed by atoms with Crippen LogP contribution in [-0.4, -0.2) is 23.1 Å². The van der Waals surface area contributed by atoms with Crippen LogP contribution in [0.2, 0.25) is 0 Å². The number of aliphatic carboxylic acids is 1. The van der Waals surface area contributed by atoms with E-state index in [0.717, 1.165) is 19.3 Å². The molecule has 0 amide bonds. The summed E-state index contributed by atoms with van der Waals surface area (Å²) in [6.07, 6.45) is 38.2. The lowest BCUT2D eigenvalue weighted by Crippen LogP contribution is -2.10. The highest BCUT2D eigenvalue weighted by molar-refractivity contribution is 5.69. The van der Waals surface area contributed by atoms with Crippen LogP contribution >= 0.6 is 0 Å². The zero-order valence-electron chi connectivity index (χ0n) is 28.5. The molecule has 0 unspecified atom stereocenters. The number of carboxylic acid groups (broad SMARTS) is 1. The molecule has 0 aromatic rings. The van der Waals surface area contributed by atoms with E-state index in [1.807, 2.05) is 13.8 Å². The summed E-state index contributed by atoms with van der Waals surface area (Å²) in [5.74, 6) is -0.687. The van der Waals surface area contributed by atoms with Crippen LogP contribution in [0.25, 0.3) is 0 Å². The van der Waals surface area contributed by atoms with Gasteiger partial charge in [0, 0.05) is 12.8 Å². The Bertz CT molecular complexity index is 517. The van der Waals surface area contributed by atoms with Gasteiger partial charge in [-0.05, 0) is 26.7 Å². The van der Waals surface area contributed by atoms with E-state index < -0.39 is 5.97 Å². The molecule has 246 valence electrons. The maximum Gasteiger partial charge on any atom is 0.306 e. The van der Waals surface area contributed by atoms with Crippen molar-refractivity contribution in [2.24, 2.45) is 0 Å². The van der Waals surface area contributed by atoms with E-state index in [-0.39, 0.29) is 12.1 Å². The topological polar surface area (TPSA) is 63.6 Å². The normalized spacial score (nSPS) is 11.0. The summed E-state index contributed by atoms with van der Waals surface area (Å²) in [5, 5.41) is 8.49. The van der Waals surface area contributed by atoms with E-state index >= 15 is 0 Å². The van der Waals surface area contributed by atoms with Crippen LogP contribution < -0.4 is 0 Å². The number of hydrogen-bond acceptors (Lipinski definition) is 3. The molecular weight excluding hydrogens is 508 g/mol. The molecule has 0 heterocycles. The fourth-order valence-electron chi connectivity index (χ4n) is 5.26. The molecule has 0 aromatic heterocycles. The molecular formula is C37H74O4. The summed E-state index contributed by atoms with van der Waals surface area (Å²) in [7, 11) is 0. The Morgan fingerprint density at radius 1 is 0.439 bits per heavy atom. The number of hydrogen-bond donors (Lipinski definition) is 1. The van der Waals surface area contributed by atoms with E-state index in [1.54, 1.807) is 0 Å². The van der Waals surface area contributed by atoms with E-state index in [0.29, 0.717) is 12.8 Å². The Morgan fingerprint density at radius 2 is 0.683 bits per heavy atom. The van der Waals surface area contributed by atoms with E-state index in [9.17, 15) is 9.59 Å². The first-order valence-corrected chi connectivity index (χ1v) is 18.3. The largest absolute Gasteiger partial charge is 0.481 e. The third-order valence-electron chi connectivity index (χ3n) is 7.85. The molecule has 0 bridgehead atoms. The number of carbonyl (C=O) groups excluding carboxylic acids is 1. The van der Waals surface area contributed by atoms with E-state index in [1.165, 1.54) is 161 Å². The molecule has 41 heavy (non-hydrogen) atoms. The molecule has 0 aliphatic rings. The van der Waals surface area contributed by atoms with Crippen molar-refractivity contribution in [3.8, 4) is 0 Å². The summed E-state index contributed by atoms with van der Waals surface area (Å²) >= 11 is 0. The summed E-state index contributed by atoms with van der Waals surface area (Å²) in [4.78, 5) is 21.7. The molecule has 0 spiro atoms. The number of ether oxygens (including phenoxy) is 1. The second-order valence-corrected chi connectivity index (χ2v) is 12.6. The molecule has 0 fully saturated rings. The molecule has 0 rings (SSSR count). The van der Waals surface area contributed by atoms with Crippen LogP contribution in [0, 0.1) is 0 Å². The van der Waals surface area contributed by atoms with E-state index in [2.05, 4.69) is 13.8 Å². The zero-order valence-corrected chi connectivity index (χ0v) is 28.5. The Balaban J connectivity index is 0. The first-order valence-electron chi connectivity index (χ1n) is 18.3. The standard InChI is InChI=1S/C21H42O2.C16H32O2/c1-4-5-6-7-8-9-10-11-12-13-14-15-16-17-18-19-21(22)23-20(2)3;1-2-3-4-5-6-7-8-9-10-11-12-13-14-15-16(17)18/h20H,4-19H2,1-3H3;2-15H2,1H3,(H,17,18). The van der Waals surface area contributed by atoms with Crippen molar-refractivity contribution in [2.45, 2.75) is 226 Å². The monoisotopic (exact) mass is 583 g/mol. The second-order valence-electron chi connectivity index (χ2n) is 12.6. The number of carboxylic acids is 1. The zero-order chi connectivity index (χ0) is 30.7. The van der Waals surface area contributed by atoms with Crippen LogP contribution in [-0.2, 0) is 14.3 Å². The maximum absolute atomic E-state index is 11.4. The van der Waals surface area contributed by atoms with E-state index in [4.69, 9.17) is 9.84 Å². The fraction of sp³-hybridized carbons (Fsp3) is 0.946. The van der Waals surface area contributed by atoms with Gasteiger partial charge < -0.3 is 9.84 Å². The van der Waals surface area contributed by atoms with Gasteiger partial charge in [0.05, 0.1) is 6.10 Å². The smallest absolute Gasteiger partial charge is 0.306 e. The Kier molecular flexibility index (Phi) is 37.9. The SMILES string of the molecule is CCCCCCCCCCCCCCCC(=O)O.CCCCCCCCCCCCCCCCCC(=O)OC(C)C. The molecule has 0 atom stereocenters. The summed E-state index contributed by atoms with van der Waals surface area (Å²) in [5.41, 5.74) is 0. The van der Waals surface area contributed by atoms with Gasteiger partial charge in [-0.2, -0.15) is 0 Å². The van der Waals surface area contributed by atoms with Gasteiger partial charge in [-0.1, -0.05) is 181 Å². The number of rotatable bonds is 31. The predicted molar refractivity (Wildman–Crippen MR) is 179 cm³/mol. The van der Waals surface area contributed by atoms with Crippen LogP contribution in [0.4, 0.5) is 0 Å². The lowest BCUT2D eigenvalue weighted by Gasteiger charge is -2.07. The summed E-state index contributed by atoms with van der Waals surface area (Å²) in [6.45, 7) is 8.35. The minimum atomic E-state index is -0.655. The third-order valence-corrected chi connectivity index (χ3v) is 7.85. The van der Waals surface area contributed by atoms with Gasteiger partial charge in [-0.15, -0.1) is 0 Å². The average molecular weight is 583 g/mol. The van der Waals surface area contributed by atoms with Gasteiger partial charge in [0.1, 0.15) is 0 Å². The second kappa shape index (κ2) is 37.0. The maximum atomic E-state index is 11.4. The van der Waals surface area contributed by atoms with Crippen molar-refractivity contribution in [1.82, 2.24) is 0 Å². The molecule has 4 heteroatoms. The van der Waals surface area contributed by atoms with Crippen LogP contribution in [0.5, 0.6) is 0 Å². The van der Waals surface area contributed by atoms with Crippen molar-refractivity contribution in [1.29, 1.82) is 0 Å². The fourth-order valence-corrected chi connectivity index (χ4v) is 5.26. The van der Waals surface area contributed by atoms with Gasteiger partial charge in [-0.3, -0.25) is 9.59 Å². The number of carbonyl (C=O) groups is 2. The highest BCUT2D eigenvalue weighted by Crippen LogP contribution is 2.15. The van der Waals surface area contributed by atoms with Crippen molar-refractivity contribution >= 4 is 11.9 Å². The van der Waals surface area contributed by atoms with Gasteiger partial charge in [0.25, 0.3) is 0 Å². The Hall–Kier alpha value is -1.06. The molecule has 0 saturated carbocycles. The van der Waals surface area contributed by atoms with Crippen LogP contribution in [0.15, 0.2) is 0 Å². The van der Waals surface area contributed by atoms with Crippen molar-refractivity contribution in [3.63, 3.8) is 0 Å². The predicted octanol–water partition coefficient (Wildman–Crippen LogP) is 12.8. The molecule has 0 saturated heterocycles. The average Bonchev–Trinajstić information content (AvgIpc) is 2.93.